The van der Waals surface area contributed by atoms with Crippen molar-refractivity contribution in [2.45, 2.75) is 57.4 Å². The van der Waals surface area contributed by atoms with Gasteiger partial charge >= 0.3 is 0 Å². The lowest BCUT2D eigenvalue weighted by molar-refractivity contribution is 0.0753. The minimum atomic E-state index is 0.187. The molecule has 114 valence electrons. The summed E-state index contributed by atoms with van der Waals surface area (Å²) < 4.78 is 0. The molecule has 3 rings (SSSR count). The SMILES string of the molecule is NC(=S)CCN(C(=O)c1cc2c(s1)CCCCC2)C1CC1. The van der Waals surface area contributed by atoms with E-state index >= 15 is 0 Å². The number of rotatable bonds is 5. The number of thiocarbonyl (C=S) groups is 1. The van der Waals surface area contributed by atoms with Crippen LogP contribution in [-0.2, 0) is 12.8 Å². The Morgan fingerprint density at radius 1 is 1.33 bits per heavy atom. The van der Waals surface area contributed by atoms with E-state index in [0.29, 0.717) is 24.0 Å². The smallest absolute Gasteiger partial charge is 0.264 e. The normalized spacial score (nSPS) is 17.9. The van der Waals surface area contributed by atoms with Gasteiger partial charge in [-0.3, -0.25) is 4.79 Å². The second-order valence-corrected chi connectivity index (χ2v) is 7.73. The summed E-state index contributed by atoms with van der Waals surface area (Å²) in [4.78, 5) is 17.6. The van der Waals surface area contributed by atoms with Crippen LogP contribution in [-0.4, -0.2) is 28.4 Å². The van der Waals surface area contributed by atoms with Crippen LogP contribution in [0, 0.1) is 0 Å². The fourth-order valence-electron chi connectivity index (χ4n) is 2.98. The summed E-state index contributed by atoms with van der Waals surface area (Å²) in [5, 5.41) is 0. The van der Waals surface area contributed by atoms with Gasteiger partial charge in [-0.1, -0.05) is 18.6 Å². The van der Waals surface area contributed by atoms with Crippen LogP contribution < -0.4 is 5.73 Å². The third-order valence-corrected chi connectivity index (χ3v) is 5.73. The Kier molecular flexibility index (Phi) is 4.60. The maximum atomic E-state index is 12.8. The summed E-state index contributed by atoms with van der Waals surface area (Å²) in [6.07, 6.45) is 8.97. The molecule has 1 amide bonds. The van der Waals surface area contributed by atoms with Crippen LogP contribution in [0.3, 0.4) is 0 Å². The fourth-order valence-corrected chi connectivity index (χ4v) is 4.28. The molecule has 0 unspecified atom stereocenters. The highest BCUT2D eigenvalue weighted by Crippen LogP contribution is 2.33. The standard InChI is InChI=1S/C16H22N2OS2/c17-15(20)8-9-18(12-6-7-12)16(19)14-10-11-4-2-1-3-5-13(11)21-14/h10,12H,1-9H2,(H2,17,20). The van der Waals surface area contributed by atoms with Crippen molar-refractivity contribution >= 4 is 34.5 Å². The lowest BCUT2D eigenvalue weighted by atomic mass is 10.1. The van der Waals surface area contributed by atoms with Crippen LogP contribution in [0.4, 0.5) is 0 Å². The van der Waals surface area contributed by atoms with Gasteiger partial charge in [0, 0.05) is 23.9 Å². The van der Waals surface area contributed by atoms with Gasteiger partial charge in [-0.25, -0.2) is 0 Å². The second-order valence-electron chi connectivity index (χ2n) is 6.07. The van der Waals surface area contributed by atoms with E-state index in [1.807, 2.05) is 4.90 Å². The van der Waals surface area contributed by atoms with Gasteiger partial charge in [0.15, 0.2) is 0 Å². The largest absolute Gasteiger partial charge is 0.393 e. The first kappa shape index (κ1) is 15.0. The first-order valence-electron chi connectivity index (χ1n) is 7.86. The Hall–Kier alpha value is -0.940. The number of hydrogen-bond acceptors (Lipinski definition) is 3. The number of carbonyl (C=O) groups excluding carboxylic acids is 1. The van der Waals surface area contributed by atoms with E-state index in [9.17, 15) is 4.79 Å². The predicted molar refractivity (Wildman–Crippen MR) is 91.0 cm³/mol. The highest BCUT2D eigenvalue weighted by molar-refractivity contribution is 7.80. The van der Waals surface area contributed by atoms with Crippen molar-refractivity contribution in [3.05, 3.63) is 21.4 Å². The Morgan fingerprint density at radius 2 is 2.10 bits per heavy atom. The van der Waals surface area contributed by atoms with Gasteiger partial charge in [0.25, 0.3) is 5.91 Å². The lowest BCUT2D eigenvalue weighted by Gasteiger charge is -2.21. The first-order valence-corrected chi connectivity index (χ1v) is 9.08. The summed E-state index contributed by atoms with van der Waals surface area (Å²) in [6.45, 7) is 0.668. The molecule has 1 heterocycles. The van der Waals surface area contributed by atoms with Crippen molar-refractivity contribution in [3.8, 4) is 0 Å². The van der Waals surface area contributed by atoms with Gasteiger partial charge < -0.3 is 10.6 Å². The number of carbonyl (C=O) groups is 1. The zero-order valence-corrected chi connectivity index (χ0v) is 13.9. The molecular formula is C16H22N2OS2. The number of aryl methyl sites for hydroxylation is 2. The zero-order chi connectivity index (χ0) is 14.8. The molecule has 0 bridgehead atoms. The molecule has 5 heteroatoms. The molecule has 2 aliphatic carbocycles. The molecule has 2 aliphatic rings. The molecule has 1 aromatic heterocycles. The number of hydrogen-bond donors (Lipinski definition) is 1. The van der Waals surface area contributed by atoms with Crippen molar-refractivity contribution in [1.82, 2.24) is 4.90 Å². The third-order valence-electron chi connectivity index (χ3n) is 4.30. The molecular weight excluding hydrogens is 300 g/mol. The van der Waals surface area contributed by atoms with Crippen molar-refractivity contribution in [1.29, 1.82) is 0 Å². The molecule has 21 heavy (non-hydrogen) atoms. The quantitative estimate of drug-likeness (QED) is 0.668. The zero-order valence-electron chi connectivity index (χ0n) is 12.3. The minimum Gasteiger partial charge on any atom is -0.393 e. The molecule has 2 N–H and O–H groups in total. The van der Waals surface area contributed by atoms with Gasteiger partial charge in [-0.15, -0.1) is 11.3 Å². The highest BCUT2D eigenvalue weighted by atomic mass is 32.1. The van der Waals surface area contributed by atoms with E-state index in [1.54, 1.807) is 11.3 Å². The average molecular weight is 322 g/mol. The van der Waals surface area contributed by atoms with E-state index in [1.165, 1.54) is 29.7 Å². The Balaban J connectivity index is 1.74. The lowest BCUT2D eigenvalue weighted by Crippen LogP contribution is -2.35. The van der Waals surface area contributed by atoms with Gasteiger partial charge in [0.1, 0.15) is 0 Å². The Labute approximate surface area is 135 Å². The summed E-state index contributed by atoms with van der Waals surface area (Å²) in [5.74, 6) is 0.187. The van der Waals surface area contributed by atoms with Crippen LogP contribution in [0.1, 0.15) is 58.6 Å². The molecule has 0 aliphatic heterocycles. The van der Waals surface area contributed by atoms with Crippen molar-refractivity contribution in [3.63, 3.8) is 0 Å². The van der Waals surface area contributed by atoms with E-state index in [0.717, 1.165) is 30.6 Å². The van der Waals surface area contributed by atoms with E-state index in [2.05, 4.69) is 6.07 Å². The monoisotopic (exact) mass is 322 g/mol. The van der Waals surface area contributed by atoms with Gasteiger partial charge in [0.2, 0.25) is 0 Å². The van der Waals surface area contributed by atoms with E-state index in [-0.39, 0.29) is 5.91 Å². The Morgan fingerprint density at radius 3 is 2.81 bits per heavy atom. The van der Waals surface area contributed by atoms with Gasteiger partial charge in [0.05, 0.1) is 9.87 Å². The van der Waals surface area contributed by atoms with Crippen molar-refractivity contribution < 1.29 is 4.79 Å². The molecule has 0 saturated heterocycles. The first-order chi connectivity index (χ1) is 10.1. The molecule has 1 fully saturated rings. The number of nitrogens with two attached hydrogens (primary N) is 1. The molecule has 0 atom stereocenters. The van der Waals surface area contributed by atoms with Crippen LogP contribution in [0.25, 0.3) is 0 Å². The predicted octanol–water partition coefficient (Wildman–Crippen LogP) is 3.30. The van der Waals surface area contributed by atoms with Gasteiger partial charge in [-0.2, -0.15) is 0 Å². The van der Waals surface area contributed by atoms with Crippen LogP contribution in [0.15, 0.2) is 6.07 Å². The van der Waals surface area contributed by atoms with Crippen molar-refractivity contribution in [2.24, 2.45) is 5.73 Å². The van der Waals surface area contributed by atoms with E-state index < -0.39 is 0 Å². The van der Waals surface area contributed by atoms with Gasteiger partial charge in [-0.05, 0) is 50.2 Å². The van der Waals surface area contributed by atoms with Crippen LogP contribution in [0.2, 0.25) is 0 Å². The number of amides is 1. The van der Waals surface area contributed by atoms with E-state index in [4.69, 9.17) is 18.0 Å². The summed E-state index contributed by atoms with van der Waals surface area (Å²) in [5.41, 5.74) is 7.00. The fraction of sp³-hybridized carbons (Fsp3) is 0.625. The van der Waals surface area contributed by atoms with Crippen LogP contribution >= 0.6 is 23.6 Å². The van der Waals surface area contributed by atoms with Crippen LogP contribution in [0.5, 0.6) is 0 Å². The number of nitrogens with zero attached hydrogens (tertiary/aromatic N) is 1. The molecule has 0 spiro atoms. The number of thiophene rings is 1. The van der Waals surface area contributed by atoms with Crippen molar-refractivity contribution in [2.75, 3.05) is 6.54 Å². The third kappa shape index (κ3) is 3.64. The average Bonchev–Trinajstić information content (AvgIpc) is 3.24. The highest BCUT2D eigenvalue weighted by Gasteiger charge is 2.33. The summed E-state index contributed by atoms with van der Waals surface area (Å²) in [7, 11) is 0. The molecule has 1 aromatic rings. The molecule has 1 saturated carbocycles. The number of fused-ring (bicyclic) bond motifs is 1. The topological polar surface area (TPSA) is 46.3 Å². The summed E-state index contributed by atoms with van der Waals surface area (Å²) >= 11 is 6.66. The molecule has 0 radical (unpaired) electrons. The minimum absolute atomic E-state index is 0.187. The maximum absolute atomic E-state index is 12.8. The second kappa shape index (κ2) is 6.44. The summed E-state index contributed by atoms with van der Waals surface area (Å²) in [6, 6.07) is 2.55. The molecule has 3 nitrogen and oxygen atoms in total. The molecule has 0 aromatic carbocycles. The Bertz CT molecular complexity index is 525. The maximum Gasteiger partial charge on any atom is 0.264 e.